The molecule has 0 saturated carbocycles. The summed E-state index contributed by atoms with van der Waals surface area (Å²) in [6.45, 7) is 9.33. The lowest BCUT2D eigenvalue weighted by Gasteiger charge is -2.35. The molecule has 2 heteroatoms. The molecule has 1 aliphatic heterocycles. The molecule has 2 rings (SSSR count). The Kier molecular flexibility index (Phi) is 4.87. The average molecular weight is 260 g/mol. The maximum atomic E-state index is 3.28. The molecule has 1 N–H and O–H groups in total. The van der Waals surface area contributed by atoms with E-state index in [0.717, 1.165) is 11.8 Å². The van der Waals surface area contributed by atoms with Crippen molar-refractivity contribution in [2.75, 3.05) is 25.0 Å². The molecule has 106 valence electrons. The molecule has 0 aliphatic carbocycles. The van der Waals surface area contributed by atoms with E-state index in [1.807, 2.05) is 7.05 Å². The molecule has 1 aromatic carbocycles. The van der Waals surface area contributed by atoms with E-state index in [9.17, 15) is 0 Å². The first-order chi connectivity index (χ1) is 9.11. The van der Waals surface area contributed by atoms with E-state index in [2.05, 4.69) is 55.3 Å². The number of rotatable bonds is 4. The van der Waals surface area contributed by atoms with Crippen molar-refractivity contribution in [1.29, 1.82) is 0 Å². The first kappa shape index (κ1) is 14.4. The van der Waals surface area contributed by atoms with E-state index in [0.29, 0.717) is 6.04 Å². The Hall–Kier alpha value is -1.02. The summed E-state index contributed by atoms with van der Waals surface area (Å²) in [6, 6.07) is 9.49. The van der Waals surface area contributed by atoms with Crippen LogP contribution in [-0.2, 0) is 0 Å². The summed E-state index contributed by atoms with van der Waals surface area (Å²) in [7, 11) is 2.01. The van der Waals surface area contributed by atoms with Gasteiger partial charge in [-0.05, 0) is 56.3 Å². The fourth-order valence-corrected chi connectivity index (χ4v) is 2.96. The van der Waals surface area contributed by atoms with Crippen molar-refractivity contribution >= 4 is 5.69 Å². The highest BCUT2D eigenvalue weighted by atomic mass is 15.1. The Bertz CT molecular complexity index is 375. The zero-order valence-electron chi connectivity index (χ0n) is 12.8. The van der Waals surface area contributed by atoms with Crippen LogP contribution in [0.25, 0.3) is 0 Å². The molecule has 1 unspecified atom stereocenters. The maximum Gasteiger partial charge on any atom is 0.0366 e. The number of hydrogen-bond acceptors (Lipinski definition) is 2. The molecule has 0 bridgehead atoms. The zero-order chi connectivity index (χ0) is 13.8. The van der Waals surface area contributed by atoms with Crippen molar-refractivity contribution in [2.24, 2.45) is 11.8 Å². The number of piperidine rings is 1. The van der Waals surface area contributed by atoms with Gasteiger partial charge in [-0.15, -0.1) is 0 Å². The predicted molar refractivity (Wildman–Crippen MR) is 83.7 cm³/mol. The van der Waals surface area contributed by atoms with E-state index < -0.39 is 0 Å². The van der Waals surface area contributed by atoms with Crippen LogP contribution in [0.5, 0.6) is 0 Å². The lowest BCUT2D eigenvalue weighted by molar-refractivity contribution is 0.311. The largest absolute Gasteiger partial charge is 0.372 e. The summed E-state index contributed by atoms with van der Waals surface area (Å²) in [4.78, 5) is 2.53. The average Bonchev–Trinajstić information content (AvgIpc) is 2.46. The van der Waals surface area contributed by atoms with E-state index in [4.69, 9.17) is 0 Å². The van der Waals surface area contributed by atoms with Crippen molar-refractivity contribution in [2.45, 2.75) is 39.7 Å². The summed E-state index contributed by atoms with van der Waals surface area (Å²) in [5, 5.41) is 3.28. The van der Waals surface area contributed by atoms with Gasteiger partial charge >= 0.3 is 0 Å². The molecule has 1 atom stereocenters. The van der Waals surface area contributed by atoms with Gasteiger partial charge in [-0.25, -0.2) is 0 Å². The fourth-order valence-electron chi connectivity index (χ4n) is 2.96. The van der Waals surface area contributed by atoms with Gasteiger partial charge in [0.15, 0.2) is 0 Å². The quantitative estimate of drug-likeness (QED) is 0.885. The minimum Gasteiger partial charge on any atom is -0.372 e. The second-order valence-electron chi connectivity index (χ2n) is 6.17. The van der Waals surface area contributed by atoms with Gasteiger partial charge in [-0.1, -0.05) is 26.0 Å². The first-order valence-corrected chi connectivity index (χ1v) is 7.64. The van der Waals surface area contributed by atoms with Crippen LogP contribution in [0.2, 0.25) is 0 Å². The van der Waals surface area contributed by atoms with Crippen LogP contribution in [0.1, 0.15) is 45.2 Å². The van der Waals surface area contributed by atoms with Gasteiger partial charge in [0.2, 0.25) is 0 Å². The molecule has 2 nitrogen and oxygen atoms in total. The van der Waals surface area contributed by atoms with Gasteiger partial charge in [0.1, 0.15) is 0 Å². The molecule has 19 heavy (non-hydrogen) atoms. The van der Waals surface area contributed by atoms with Crippen molar-refractivity contribution in [3.8, 4) is 0 Å². The molecule has 1 aromatic rings. The monoisotopic (exact) mass is 260 g/mol. The Morgan fingerprint density at radius 1 is 1.05 bits per heavy atom. The highest BCUT2D eigenvalue weighted by Crippen LogP contribution is 2.28. The SMILES string of the molecule is CNC(C)c1ccc(N2CCC(C(C)C)CC2)cc1. The molecule has 0 spiro atoms. The van der Waals surface area contributed by atoms with Crippen molar-refractivity contribution in [3.63, 3.8) is 0 Å². The van der Waals surface area contributed by atoms with Crippen LogP contribution in [0, 0.1) is 11.8 Å². The third kappa shape index (κ3) is 3.50. The number of anilines is 1. The third-order valence-corrected chi connectivity index (χ3v) is 4.67. The Labute approximate surface area is 118 Å². The topological polar surface area (TPSA) is 15.3 Å². The summed E-state index contributed by atoms with van der Waals surface area (Å²) in [6.07, 6.45) is 2.68. The van der Waals surface area contributed by atoms with E-state index in [1.54, 1.807) is 0 Å². The Balaban J connectivity index is 1.96. The van der Waals surface area contributed by atoms with Crippen molar-refractivity contribution in [3.05, 3.63) is 29.8 Å². The first-order valence-electron chi connectivity index (χ1n) is 7.64. The fraction of sp³-hybridized carbons (Fsp3) is 0.647. The second-order valence-corrected chi connectivity index (χ2v) is 6.17. The highest BCUT2D eigenvalue weighted by Gasteiger charge is 2.21. The van der Waals surface area contributed by atoms with Crippen LogP contribution in [0.3, 0.4) is 0 Å². The van der Waals surface area contributed by atoms with Gasteiger partial charge in [0.05, 0.1) is 0 Å². The molecule has 1 saturated heterocycles. The van der Waals surface area contributed by atoms with Gasteiger partial charge in [0, 0.05) is 24.8 Å². The van der Waals surface area contributed by atoms with Crippen LogP contribution >= 0.6 is 0 Å². The van der Waals surface area contributed by atoms with Gasteiger partial charge in [-0.2, -0.15) is 0 Å². The van der Waals surface area contributed by atoms with Crippen LogP contribution in [0.4, 0.5) is 5.69 Å². The van der Waals surface area contributed by atoms with Crippen LogP contribution in [-0.4, -0.2) is 20.1 Å². The molecule has 0 amide bonds. The van der Waals surface area contributed by atoms with Crippen molar-refractivity contribution < 1.29 is 0 Å². The number of hydrogen-bond donors (Lipinski definition) is 1. The molecular weight excluding hydrogens is 232 g/mol. The van der Waals surface area contributed by atoms with E-state index >= 15 is 0 Å². The van der Waals surface area contributed by atoms with Crippen LogP contribution in [0.15, 0.2) is 24.3 Å². The summed E-state index contributed by atoms with van der Waals surface area (Å²) in [5.41, 5.74) is 2.75. The number of benzene rings is 1. The number of nitrogens with one attached hydrogen (secondary N) is 1. The minimum absolute atomic E-state index is 0.431. The Morgan fingerprint density at radius 2 is 1.63 bits per heavy atom. The highest BCUT2D eigenvalue weighted by molar-refractivity contribution is 5.48. The predicted octanol–water partition coefficient (Wildman–Crippen LogP) is 3.84. The number of nitrogens with zero attached hydrogens (tertiary/aromatic N) is 1. The molecule has 0 radical (unpaired) electrons. The van der Waals surface area contributed by atoms with Gasteiger partial charge in [0.25, 0.3) is 0 Å². The lowest BCUT2D eigenvalue weighted by atomic mass is 9.86. The third-order valence-electron chi connectivity index (χ3n) is 4.67. The van der Waals surface area contributed by atoms with Gasteiger partial charge < -0.3 is 10.2 Å². The maximum absolute atomic E-state index is 3.28. The van der Waals surface area contributed by atoms with Crippen molar-refractivity contribution in [1.82, 2.24) is 5.32 Å². The molecule has 0 aromatic heterocycles. The Morgan fingerprint density at radius 3 is 2.11 bits per heavy atom. The normalized spacial score (nSPS) is 18.9. The second kappa shape index (κ2) is 6.42. The summed E-state index contributed by atoms with van der Waals surface area (Å²) < 4.78 is 0. The molecule has 1 heterocycles. The molecule has 1 fully saturated rings. The van der Waals surface area contributed by atoms with E-state index in [-0.39, 0.29) is 0 Å². The van der Waals surface area contributed by atoms with Gasteiger partial charge in [-0.3, -0.25) is 0 Å². The van der Waals surface area contributed by atoms with Crippen LogP contribution < -0.4 is 10.2 Å². The minimum atomic E-state index is 0.431. The summed E-state index contributed by atoms with van der Waals surface area (Å²) in [5.74, 6) is 1.75. The molecule has 1 aliphatic rings. The lowest BCUT2D eigenvalue weighted by Crippen LogP contribution is -2.35. The zero-order valence-corrected chi connectivity index (χ0v) is 12.8. The van der Waals surface area contributed by atoms with E-state index in [1.165, 1.54) is 37.2 Å². The summed E-state index contributed by atoms with van der Waals surface area (Å²) >= 11 is 0. The smallest absolute Gasteiger partial charge is 0.0366 e. The molecular formula is C17H28N2. The standard InChI is InChI=1S/C17H28N2/c1-13(2)15-9-11-19(12-10-15)17-7-5-16(6-8-17)14(3)18-4/h5-8,13-15,18H,9-12H2,1-4H3.